The Morgan fingerprint density at radius 3 is 2.41 bits per heavy atom. The quantitative estimate of drug-likeness (QED) is 0.425. The van der Waals surface area contributed by atoms with Crippen LogP contribution in [0.25, 0.3) is 22.4 Å². The van der Waals surface area contributed by atoms with E-state index in [-0.39, 0.29) is 5.75 Å². The summed E-state index contributed by atoms with van der Waals surface area (Å²) < 4.78 is 22.2. The predicted molar refractivity (Wildman–Crippen MR) is 122 cm³/mol. The van der Waals surface area contributed by atoms with Gasteiger partial charge in [-0.15, -0.1) is 11.8 Å². The van der Waals surface area contributed by atoms with Gasteiger partial charge in [0.25, 0.3) is 0 Å². The number of esters is 3. The van der Waals surface area contributed by atoms with Crippen LogP contribution < -0.4 is 0 Å². The molecule has 0 unspecified atom stereocenters. The molecular formula is C24H23NO8S. The third-order valence-electron chi connectivity index (χ3n) is 5.28. The summed E-state index contributed by atoms with van der Waals surface area (Å²) in [7, 11) is 0. The highest BCUT2D eigenvalue weighted by atomic mass is 32.2. The molecule has 1 fully saturated rings. The molecule has 0 aliphatic carbocycles. The van der Waals surface area contributed by atoms with Gasteiger partial charge in [0, 0.05) is 43.7 Å². The molecule has 178 valence electrons. The Morgan fingerprint density at radius 1 is 1.03 bits per heavy atom. The van der Waals surface area contributed by atoms with Crippen molar-refractivity contribution >= 4 is 40.6 Å². The number of pyridine rings is 1. The number of carbonyl (C=O) groups is 3. The summed E-state index contributed by atoms with van der Waals surface area (Å²) in [6.07, 6.45) is -2.04. The second-order valence-corrected chi connectivity index (χ2v) is 9.05. The Hall–Kier alpha value is -3.37. The van der Waals surface area contributed by atoms with Crippen LogP contribution in [0.4, 0.5) is 0 Å². The average molecular weight is 486 g/mol. The number of rotatable bonds is 5. The highest BCUT2D eigenvalue weighted by Gasteiger charge is 2.56. The fourth-order valence-electron chi connectivity index (χ4n) is 3.99. The zero-order valence-electron chi connectivity index (χ0n) is 18.7. The molecule has 0 amide bonds. The first kappa shape index (κ1) is 23.8. The normalized spacial score (nSPS) is 24.4. The standard InChI is InChI=1S/C24H23NO8S/c1-13(26)30-20-12-34-24(29,23(32-15(3)28)22(20)31-14(2)27)17-8-6-10-25-21(17)19-11-16-7-4-5-9-18(16)33-19/h4-11,20,22-23,29H,12H2,1-3H3/t20-,22+,23-,24-/m1/s1. The van der Waals surface area contributed by atoms with Crippen molar-refractivity contribution in [2.75, 3.05) is 5.75 Å². The molecule has 3 aromatic rings. The van der Waals surface area contributed by atoms with Crippen LogP contribution in [0, 0.1) is 0 Å². The number of aromatic nitrogens is 1. The molecule has 0 saturated carbocycles. The molecule has 10 heteroatoms. The van der Waals surface area contributed by atoms with E-state index in [0.717, 1.165) is 17.1 Å². The lowest BCUT2D eigenvalue weighted by molar-refractivity contribution is -0.197. The molecule has 3 heterocycles. The van der Waals surface area contributed by atoms with Crippen molar-refractivity contribution in [3.8, 4) is 11.5 Å². The Labute approximate surface area is 199 Å². The largest absolute Gasteiger partial charge is 0.458 e. The molecule has 4 rings (SSSR count). The van der Waals surface area contributed by atoms with Crippen LogP contribution >= 0.6 is 11.8 Å². The number of aliphatic hydroxyl groups is 1. The van der Waals surface area contributed by atoms with Crippen molar-refractivity contribution in [3.63, 3.8) is 0 Å². The first-order chi connectivity index (χ1) is 16.2. The minimum atomic E-state index is -1.90. The lowest BCUT2D eigenvalue weighted by atomic mass is 9.93. The SMILES string of the molecule is CC(=O)O[C@@H]1[C@@H](OC(C)=O)[C@@](O)(c2cccnc2-c2cc3ccccc3o2)SC[C@H]1OC(C)=O. The van der Waals surface area contributed by atoms with Gasteiger partial charge in [-0.1, -0.05) is 24.3 Å². The Kier molecular flexibility index (Phi) is 6.63. The summed E-state index contributed by atoms with van der Waals surface area (Å²) >= 11 is 0.993. The van der Waals surface area contributed by atoms with Crippen LogP contribution in [0.2, 0.25) is 0 Å². The van der Waals surface area contributed by atoms with Crippen LogP contribution in [0.5, 0.6) is 0 Å². The van der Waals surface area contributed by atoms with Crippen molar-refractivity contribution in [2.24, 2.45) is 0 Å². The third kappa shape index (κ3) is 4.64. The molecule has 1 aliphatic heterocycles. The number of benzene rings is 1. The van der Waals surface area contributed by atoms with E-state index in [1.165, 1.54) is 20.8 Å². The van der Waals surface area contributed by atoms with E-state index in [2.05, 4.69) is 4.98 Å². The first-order valence-electron chi connectivity index (χ1n) is 10.5. The highest BCUT2D eigenvalue weighted by molar-refractivity contribution is 8.00. The number of carbonyl (C=O) groups excluding carboxylic acids is 3. The second kappa shape index (κ2) is 9.47. The molecule has 0 bridgehead atoms. The van der Waals surface area contributed by atoms with E-state index < -0.39 is 41.2 Å². The maximum Gasteiger partial charge on any atom is 0.303 e. The predicted octanol–water partition coefficient (Wildman–Crippen LogP) is 3.18. The molecule has 9 nitrogen and oxygen atoms in total. The van der Waals surface area contributed by atoms with Crippen LogP contribution in [-0.2, 0) is 33.5 Å². The van der Waals surface area contributed by atoms with E-state index in [4.69, 9.17) is 18.6 Å². The lowest BCUT2D eigenvalue weighted by Gasteiger charge is -2.45. The topological polar surface area (TPSA) is 125 Å². The molecule has 0 radical (unpaired) electrons. The van der Waals surface area contributed by atoms with Gasteiger partial charge in [0.15, 0.2) is 29.0 Å². The van der Waals surface area contributed by atoms with Crippen molar-refractivity contribution in [3.05, 3.63) is 54.2 Å². The van der Waals surface area contributed by atoms with Crippen molar-refractivity contribution in [1.29, 1.82) is 0 Å². The van der Waals surface area contributed by atoms with E-state index in [1.54, 1.807) is 24.4 Å². The Bertz CT molecular complexity index is 1210. The minimum Gasteiger partial charge on any atom is -0.458 e. The fraction of sp³-hybridized carbons (Fsp3) is 0.333. The Morgan fingerprint density at radius 2 is 1.74 bits per heavy atom. The number of ether oxygens (including phenoxy) is 3. The molecule has 1 aliphatic rings. The van der Waals surface area contributed by atoms with Crippen molar-refractivity contribution in [1.82, 2.24) is 4.98 Å². The Balaban J connectivity index is 1.84. The number of furan rings is 1. The zero-order valence-corrected chi connectivity index (χ0v) is 19.5. The van der Waals surface area contributed by atoms with Crippen LogP contribution in [0.15, 0.2) is 53.1 Å². The summed E-state index contributed by atoms with van der Waals surface area (Å²) in [5, 5.41) is 12.8. The average Bonchev–Trinajstić information content (AvgIpc) is 3.22. The first-order valence-corrected chi connectivity index (χ1v) is 11.5. The van der Waals surface area contributed by atoms with Crippen molar-refractivity contribution < 1.29 is 38.1 Å². The summed E-state index contributed by atoms with van der Waals surface area (Å²) in [5.74, 6) is -1.52. The zero-order chi connectivity index (χ0) is 24.5. The molecule has 1 N–H and O–H groups in total. The van der Waals surface area contributed by atoms with Gasteiger partial charge in [0.1, 0.15) is 11.3 Å². The third-order valence-corrected chi connectivity index (χ3v) is 6.67. The van der Waals surface area contributed by atoms with E-state index >= 15 is 0 Å². The summed E-state index contributed by atoms with van der Waals surface area (Å²) in [6.45, 7) is 3.58. The molecule has 4 atom stereocenters. The van der Waals surface area contributed by atoms with E-state index in [9.17, 15) is 19.5 Å². The van der Waals surface area contributed by atoms with Gasteiger partial charge in [-0.2, -0.15) is 0 Å². The fourth-order valence-corrected chi connectivity index (χ4v) is 5.34. The van der Waals surface area contributed by atoms with Crippen LogP contribution in [-0.4, -0.2) is 52.1 Å². The number of hydrogen-bond acceptors (Lipinski definition) is 10. The molecule has 34 heavy (non-hydrogen) atoms. The second-order valence-electron chi connectivity index (χ2n) is 7.81. The van der Waals surface area contributed by atoms with Gasteiger partial charge in [-0.25, -0.2) is 0 Å². The number of hydrogen-bond donors (Lipinski definition) is 1. The summed E-state index contributed by atoms with van der Waals surface area (Å²) in [4.78, 5) is 38.1. The van der Waals surface area contributed by atoms with E-state index in [1.807, 2.05) is 24.3 Å². The van der Waals surface area contributed by atoms with Gasteiger partial charge in [-0.3, -0.25) is 19.4 Å². The number of para-hydroxylation sites is 1. The molecule has 1 aromatic carbocycles. The number of nitrogens with zero attached hydrogens (tertiary/aromatic N) is 1. The van der Waals surface area contributed by atoms with Crippen LogP contribution in [0.1, 0.15) is 26.3 Å². The monoisotopic (exact) mass is 485 g/mol. The van der Waals surface area contributed by atoms with E-state index in [0.29, 0.717) is 22.6 Å². The summed E-state index contributed by atoms with van der Waals surface area (Å²) in [5.41, 5.74) is 1.27. The number of fused-ring (bicyclic) bond motifs is 1. The summed E-state index contributed by atoms with van der Waals surface area (Å²) in [6, 6.07) is 12.5. The van der Waals surface area contributed by atoms with Gasteiger partial charge < -0.3 is 23.7 Å². The van der Waals surface area contributed by atoms with Gasteiger partial charge in [-0.05, 0) is 18.2 Å². The van der Waals surface area contributed by atoms with Gasteiger partial charge >= 0.3 is 17.9 Å². The minimum absolute atomic E-state index is 0.0697. The lowest BCUT2D eigenvalue weighted by Crippen LogP contribution is -2.59. The van der Waals surface area contributed by atoms with Gasteiger partial charge in [0.2, 0.25) is 0 Å². The maximum atomic E-state index is 12.0. The highest BCUT2D eigenvalue weighted by Crippen LogP contribution is 2.49. The smallest absolute Gasteiger partial charge is 0.303 e. The number of thioether (sulfide) groups is 1. The maximum absolute atomic E-state index is 12.0. The molecule has 0 spiro atoms. The molecule has 1 saturated heterocycles. The molecular weight excluding hydrogens is 462 g/mol. The van der Waals surface area contributed by atoms with Crippen LogP contribution in [0.3, 0.4) is 0 Å². The van der Waals surface area contributed by atoms with Gasteiger partial charge in [0.05, 0.1) is 0 Å². The van der Waals surface area contributed by atoms with Crippen molar-refractivity contribution in [2.45, 2.75) is 44.0 Å². The molecule has 2 aromatic heterocycles.